The van der Waals surface area contributed by atoms with Crippen LogP contribution in [-0.4, -0.2) is 42.8 Å². The first-order chi connectivity index (χ1) is 13.9. The molecule has 4 N–H and O–H groups in total. The summed E-state index contributed by atoms with van der Waals surface area (Å²) in [6.07, 6.45) is 6.61. The second-order valence-electron chi connectivity index (χ2n) is 6.77. The number of amidine groups is 1. The molecular formula is C21H26N4O4. The van der Waals surface area contributed by atoms with E-state index in [0.717, 1.165) is 6.42 Å². The van der Waals surface area contributed by atoms with E-state index in [1.807, 2.05) is 0 Å². The average Bonchev–Trinajstić information content (AvgIpc) is 2.69. The van der Waals surface area contributed by atoms with Crippen LogP contribution in [-0.2, 0) is 19.1 Å². The number of carbonyl (C=O) groups is 3. The molecule has 1 saturated heterocycles. The number of nitrogen functional groups attached to an aromatic ring is 1. The number of nitrogens with two attached hydrogens (primary N) is 1. The van der Waals surface area contributed by atoms with Crippen LogP contribution in [0.3, 0.4) is 0 Å². The Bertz CT molecular complexity index is 813. The number of nitrogens with zero attached hydrogens (tertiary/aromatic N) is 1. The van der Waals surface area contributed by atoms with Gasteiger partial charge in [-0.25, -0.2) is 4.79 Å². The van der Waals surface area contributed by atoms with Crippen LogP contribution >= 0.6 is 0 Å². The number of piperidine rings is 1. The summed E-state index contributed by atoms with van der Waals surface area (Å²) < 4.78 is 4.92. The molecule has 2 unspecified atom stereocenters. The molecule has 29 heavy (non-hydrogen) atoms. The van der Waals surface area contributed by atoms with Gasteiger partial charge in [0, 0.05) is 36.6 Å². The molecule has 0 bridgehead atoms. The van der Waals surface area contributed by atoms with Gasteiger partial charge in [0.25, 0.3) is 0 Å². The van der Waals surface area contributed by atoms with Crippen LogP contribution in [0.1, 0.15) is 38.2 Å². The summed E-state index contributed by atoms with van der Waals surface area (Å²) in [5, 5.41) is 10.0. The molecule has 2 atom stereocenters. The monoisotopic (exact) mass is 398 g/mol. The lowest BCUT2D eigenvalue weighted by molar-refractivity contribution is -0.147. The number of nitrogens with one attached hydrogen (secondary N) is 2. The minimum absolute atomic E-state index is 0.0256. The lowest BCUT2D eigenvalue weighted by Gasteiger charge is -2.32. The highest BCUT2D eigenvalue weighted by atomic mass is 16.5. The second kappa shape index (κ2) is 10.3. The van der Waals surface area contributed by atoms with Crippen molar-refractivity contribution in [3.8, 4) is 12.3 Å². The van der Waals surface area contributed by atoms with E-state index in [4.69, 9.17) is 22.3 Å². The molecule has 0 spiro atoms. The maximum absolute atomic E-state index is 12.9. The predicted octanol–water partition coefficient (Wildman–Crippen LogP) is 1.17. The van der Waals surface area contributed by atoms with Crippen LogP contribution in [0.5, 0.6) is 0 Å². The number of anilines is 1. The first kappa shape index (κ1) is 22.0. The largest absolute Gasteiger partial charge is 0.464 e. The lowest BCUT2D eigenvalue weighted by atomic mass is 9.92. The molecule has 0 aliphatic carbocycles. The first-order valence-electron chi connectivity index (χ1n) is 9.52. The number of hydrogen-bond acceptors (Lipinski definition) is 5. The van der Waals surface area contributed by atoms with Crippen molar-refractivity contribution in [1.82, 2.24) is 5.32 Å². The van der Waals surface area contributed by atoms with Gasteiger partial charge in [0.1, 0.15) is 11.9 Å². The molecule has 0 radical (unpaired) electrons. The number of carbonyl (C=O) groups excluding carboxylic acids is 3. The molecule has 1 heterocycles. The SMILES string of the molecule is C#CCC(NC(=O)CC1CCCN(c2ccc(C(=N)N)cc2)C1=O)C(=O)OCC. The third-order valence-corrected chi connectivity index (χ3v) is 4.70. The molecule has 2 amide bonds. The molecular weight excluding hydrogens is 372 g/mol. The highest BCUT2D eigenvalue weighted by Crippen LogP contribution is 2.26. The van der Waals surface area contributed by atoms with Gasteiger partial charge in [-0.1, -0.05) is 0 Å². The molecule has 1 aromatic rings. The van der Waals surface area contributed by atoms with Gasteiger partial charge in [-0.15, -0.1) is 12.3 Å². The minimum Gasteiger partial charge on any atom is -0.464 e. The Morgan fingerprint density at radius 3 is 2.69 bits per heavy atom. The average molecular weight is 398 g/mol. The summed E-state index contributed by atoms with van der Waals surface area (Å²) in [5.41, 5.74) is 6.73. The molecule has 2 rings (SSSR count). The zero-order valence-corrected chi connectivity index (χ0v) is 16.4. The van der Waals surface area contributed by atoms with Crippen molar-refractivity contribution in [2.24, 2.45) is 11.7 Å². The fourth-order valence-corrected chi connectivity index (χ4v) is 3.25. The van der Waals surface area contributed by atoms with Crippen molar-refractivity contribution >= 4 is 29.3 Å². The third-order valence-electron chi connectivity index (χ3n) is 4.70. The van der Waals surface area contributed by atoms with E-state index in [9.17, 15) is 14.4 Å². The minimum atomic E-state index is -0.915. The quantitative estimate of drug-likeness (QED) is 0.262. The fraction of sp³-hybridized carbons (Fsp3) is 0.429. The van der Waals surface area contributed by atoms with E-state index in [1.54, 1.807) is 36.1 Å². The molecule has 154 valence electrons. The van der Waals surface area contributed by atoms with Crippen LogP contribution in [0, 0.1) is 23.7 Å². The van der Waals surface area contributed by atoms with Crippen molar-refractivity contribution in [3.05, 3.63) is 29.8 Å². The Kier molecular flexibility index (Phi) is 7.78. The van der Waals surface area contributed by atoms with Gasteiger partial charge >= 0.3 is 5.97 Å². The summed E-state index contributed by atoms with van der Waals surface area (Å²) in [4.78, 5) is 38.8. The summed E-state index contributed by atoms with van der Waals surface area (Å²) in [6, 6.07) is 5.93. The topological polar surface area (TPSA) is 126 Å². The van der Waals surface area contributed by atoms with Crippen LogP contribution in [0.25, 0.3) is 0 Å². The molecule has 1 aromatic carbocycles. The van der Waals surface area contributed by atoms with E-state index in [2.05, 4.69) is 11.2 Å². The van der Waals surface area contributed by atoms with Crippen LogP contribution < -0.4 is 16.0 Å². The van der Waals surface area contributed by atoms with E-state index in [-0.39, 0.29) is 31.2 Å². The maximum Gasteiger partial charge on any atom is 0.329 e. The number of benzene rings is 1. The van der Waals surface area contributed by atoms with Gasteiger partial charge in [-0.3, -0.25) is 15.0 Å². The van der Waals surface area contributed by atoms with E-state index < -0.39 is 23.8 Å². The standard InChI is InChI=1S/C21H26N4O4/c1-3-6-17(21(28)29-4-2)24-18(26)13-15-7-5-12-25(20(15)27)16-10-8-14(9-11-16)19(22)23/h1,8-11,15,17H,4-7,12-13H2,2H3,(H3,22,23)(H,24,26). The molecule has 1 aliphatic rings. The van der Waals surface area contributed by atoms with Crippen molar-refractivity contribution in [1.29, 1.82) is 5.41 Å². The maximum atomic E-state index is 12.9. The highest BCUT2D eigenvalue weighted by Gasteiger charge is 2.32. The van der Waals surface area contributed by atoms with Crippen molar-refractivity contribution < 1.29 is 19.1 Å². The highest BCUT2D eigenvalue weighted by molar-refractivity contribution is 5.99. The molecule has 1 fully saturated rings. The van der Waals surface area contributed by atoms with Gasteiger partial charge in [0.15, 0.2) is 0 Å². The van der Waals surface area contributed by atoms with Gasteiger partial charge in [-0.2, -0.15) is 0 Å². The van der Waals surface area contributed by atoms with Crippen LogP contribution in [0.4, 0.5) is 5.69 Å². The number of rotatable bonds is 8. The van der Waals surface area contributed by atoms with Crippen LogP contribution in [0.15, 0.2) is 24.3 Å². The van der Waals surface area contributed by atoms with E-state index >= 15 is 0 Å². The van der Waals surface area contributed by atoms with Crippen molar-refractivity contribution in [2.75, 3.05) is 18.1 Å². The molecule has 8 nitrogen and oxygen atoms in total. The lowest BCUT2D eigenvalue weighted by Crippen LogP contribution is -2.46. The first-order valence-corrected chi connectivity index (χ1v) is 9.52. The van der Waals surface area contributed by atoms with E-state index in [0.29, 0.717) is 24.2 Å². The number of hydrogen-bond donors (Lipinski definition) is 3. The molecule has 0 saturated carbocycles. The molecule has 0 aromatic heterocycles. The van der Waals surface area contributed by atoms with E-state index in [1.165, 1.54) is 0 Å². The Balaban J connectivity index is 2.02. The zero-order chi connectivity index (χ0) is 21.4. The fourth-order valence-electron chi connectivity index (χ4n) is 3.25. The molecule has 8 heteroatoms. The van der Waals surface area contributed by atoms with Crippen molar-refractivity contribution in [3.63, 3.8) is 0 Å². The number of ether oxygens (including phenoxy) is 1. The Morgan fingerprint density at radius 1 is 1.41 bits per heavy atom. The second-order valence-corrected chi connectivity index (χ2v) is 6.77. The van der Waals surface area contributed by atoms with Gasteiger partial charge < -0.3 is 20.7 Å². The summed E-state index contributed by atoms with van der Waals surface area (Å²) in [5.74, 6) is 0.686. The number of terminal acetylenes is 1. The van der Waals surface area contributed by atoms with Gasteiger partial charge in [0.2, 0.25) is 11.8 Å². The third kappa shape index (κ3) is 5.82. The Hall–Kier alpha value is -3.34. The molecule has 1 aliphatic heterocycles. The number of esters is 1. The Morgan fingerprint density at radius 2 is 2.10 bits per heavy atom. The summed E-state index contributed by atoms with van der Waals surface area (Å²) >= 11 is 0. The predicted molar refractivity (Wildman–Crippen MR) is 109 cm³/mol. The summed E-state index contributed by atoms with van der Waals surface area (Å²) in [6.45, 7) is 2.41. The van der Waals surface area contributed by atoms with Gasteiger partial charge in [0.05, 0.1) is 6.61 Å². The Labute approximate surface area is 170 Å². The normalized spacial score (nSPS) is 17.2. The smallest absolute Gasteiger partial charge is 0.329 e. The summed E-state index contributed by atoms with van der Waals surface area (Å²) in [7, 11) is 0. The van der Waals surface area contributed by atoms with Crippen LogP contribution in [0.2, 0.25) is 0 Å². The number of amides is 2. The van der Waals surface area contributed by atoms with Gasteiger partial charge in [-0.05, 0) is 44.0 Å². The van der Waals surface area contributed by atoms with Crippen molar-refractivity contribution in [2.45, 2.75) is 38.6 Å². The zero-order valence-electron chi connectivity index (χ0n) is 16.4.